The smallest absolute Gasteiger partial charge is 0.259 e. The first-order valence-corrected chi connectivity index (χ1v) is 10.7. The number of ether oxygens (including phenoxy) is 1. The van der Waals surface area contributed by atoms with Crippen molar-refractivity contribution in [2.75, 3.05) is 48.6 Å². The lowest BCUT2D eigenvalue weighted by molar-refractivity contribution is 0.0497. The standard InChI is InChI=1S/C21H27N9O3/c1-24-18-6-17-26-15-3-11(4-16(19(15)22)28(2)23)9-33-10-12-5-13(31)8-29(12)21(32)14-7-25-30(18)20(14)27-17/h3-4,6-7,12-13,24,31H,5,8-10,22-23H2,1-2H3,(H,26,27). The van der Waals surface area contributed by atoms with Gasteiger partial charge in [0.2, 0.25) is 0 Å². The number of hydrazine groups is 1. The summed E-state index contributed by atoms with van der Waals surface area (Å²) in [4.78, 5) is 19.8. The number of amides is 1. The average molecular weight is 454 g/mol. The Morgan fingerprint density at radius 3 is 2.94 bits per heavy atom. The highest BCUT2D eigenvalue weighted by atomic mass is 16.5. The van der Waals surface area contributed by atoms with E-state index in [0.29, 0.717) is 46.3 Å². The first-order valence-electron chi connectivity index (χ1n) is 10.7. The molecule has 0 radical (unpaired) electrons. The maximum atomic E-state index is 13.4. The van der Waals surface area contributed by atoms with Crippen LogP contribution in [-0.2, 0) is 11.3 Å². The van der Waals surface area contributed by atoms with E-state index in [1.54, 1.807) is 29.6 Å². The lowest BCUT2D eigenvalue weighted by Gasteiger charge is -2.25. The number of nitrogens with zero attached hydrogens (tertiary/aromatic N) is 5. The summed E-state index contributed by atoms with van der Waals surface area (Å²) >= 11 is 0. The molecule has 2 aliphatic heterocycles. The molecule has 2 atom stereocenters. The van der Waals surface area contributed by atoms with Crippen molar-refractivity contribution >= 4 is 40.3 Å². The van der Waals surface area contributed by atoms with E-state index >= 15 is 0 Å². The minimum absolute atomic E-state index is 0.231. The monoisotopic (exact) mass is 453 g/mol. The highest BCUT2D eigenvalue weighted by Gasteiger charge is 2.36. The number of fused-ring (bicyclic) bond motifs is 4. The SMILES string of the molecule is CNc1cc2nc3c(cnn13)C(=O)N1CC(O)CC1COCc1cc(c(N)c(N(C)N)c1)N2. The van der Waals surface area contributed by atoms with Gasteiger partial charge >= 0.3 is 0 Å². The quantitative estimate of drug-likeness (QED) is 0.210. The van der Waals surface area contributed by atoms with Gasteiger partial charge in [-0.2, -0.15) is 9.61 Å². The summed E-state index contributed by atoms with van der Waals surface area (Å²) in [6.07, 6.45) is 1.33. The topological polar surface area (TPSA) is 159 Å². The number of benzene rings is 1. The van der Waals surface area contributed by atoms with Crippen molar-refractivity contribution in [3.8, 4) is 0 Å². The molecule has 4 heterocycles. The molecule has 0 spiro atoms. The molecular formula is C21H27N9O3. The molecule has 4 bridgehead atoms. The summed E-state index contributed by atoms with van der Waals surface area (Å²) < 4.78 is 7.54. The number of nitrogens with one attached hydrogen (secondary N) is 2. The van der Waals surface area contributed by atoms with Crippen LogP contribution in [0.1, 0.15) is 22.3 Å². The van der Waals surface area contributed by atoms with E-state index in [9.17, 15) is 9.90 Å². The Labute approximate surface area is 190 Å². The zero-order valence-corrected chi connectivity index (χ0v) is 18.4. The van der Waals surface area contributed by atoms with Crippen molar-refractivity contribution in [2.45, 2.75) is 25.2 Å². The van der Waals surface area contributed by atoms with Gasteiger partial charge in [0.15, 0.2) is 5.65 Å². The van der Waals surface area contributed by atoms with Crippen LogP contribution in [0.2, 0.25) is 0 Å². The van der Waals surface area contributed by atoms with E-state index in [1.807, 2.05) is 12.1 Å². The minimum atomic E-state index is -0.612. The van der Waals surface area contributed by atoms with Gasteiger partial charge in [-0.3, -0.25) is 4.79 Å². The molecule has 2 aliphatic rings. The van der Waals surface area contributed by atoms with Gasteiger partial charge in [0.1, 0.15) is 17.2 Å². The van der Waals surface area contributed by atoms with E-state index in [-0.39, 0.29) is 31.7 Å². The second-order valence-electron chi connectivity index (χ2n) is 8.40. The van der Waals surface area contributed by atoms with Gasteiger partial charge in [0.25, 0.3) is 5.91 Å². The number of nitrogen functional groups attached to an aromatic ring is 1. The Hall–Kier alpha value is -3.61. The number of rotatable bonds is 2. The van der Waals surface area contributed by atoms with Crippen LogP contribution >= 0.6 is 0 Å². The maximum absolute atomic E-state index is 13.4. The van der Waals surface area contributed by atoms with Crippen LogP contribution in [0.4, 0.5) is 28.7 Å². The number of hydrogen-bond donors (Lipinski definition) is 5. The van der Waals surface area contributed by atoms with Crippen molar-refractivity contribution in [3.63, 3.8) is 0 Å². The van der Waals surface area contributed by atoms with E-state index in [4.69, 9.17) is 16.3 Å². The first-order chi connectivity index (χ1) is 15.9. The predicted molar refractivity (Wildman–Crippen MR) is 124 cm³/mol. The van der Waals surface area contributed by atoms with Gasteiger partial charge in [-0.1, -0.05) is 0 Å². The molecule has 1 saturated heterocycles. The summed E-state index contributed by atoms with van der Waals surface area (Å²) in [5, 5.41) is 22.4. The fourth-order valence-corrected chi connectivity index (χ4v) is 4.43. The summed E-state index contributed by atoms with van der Waals surface area (Å²) in [5.41, 5.74) is 9.69. The number of anilines is 5. The number of carbonyl (C=O) groups is 1. The average Bonchev–Trinajstić information content (AvgIpc) is 3.37. The van der Waals surface area contributed by atoms with Crippen molar-refractivity contribution in [1.29, 1.82) is 0 Å². The molecule has 33 heavy (non-hydrogen) atoms. The molecule has 3 aromatic rings. The summed E-state index contributed by atoms with van der Waals surface area (Å²) in [7, 11) is 3.48. The van der Waals surface area contributed by atoms with Crippen LogP contribution in [0.15, 0.2) is 24.4 Å². The highest BCUT2D eigenvalue weighted by molar-refractivity contribution is 6.00. The third-order valence-electron chi connectivity index (χ3n) is 6.05. The molecule has 12 nitrogen and oxygen atoms in total. The fourth-order valence-electron chi connectivity index (χ4n) is 4.43. The third-order valence-corrected chi connectivity index (χ3v) is 6.05. The van der Waals surface area contributed by atoms with Gasteiger partial charge in [-0.15, -0.1) is 0 Å². The number of aliphatic hydroxyl groups is 1. The Kier molecular flexibility index (Phi) is 5.19. The number of carbonyl (C=O) groups excluding carboxylic acids is 1. The molecule has 7 N–H and O–H groups in total. The van der Waals surface area contributed by atoms with Gasteiger partial charge in [-0.05, 0) is 24.1 Å². The Morgan fingerprint density at radius 1 is 1.36 bits per heavy atom. The number of aromatic nitrogens is 3. The minimum Gasteiger partial charge on any atom is -0.395 e. The molecule has 1 amide bonds. The van der Waals surface area contributed by atoms with Crippen molar-refractivity contribution < 1.29 is 14.6 Å². The molecular weight excluding hydrogens is 426 g/mol. The Bertz CT molecular complexity index is 1230. The lowest BCUT2D eigenvalue weighted by Crippen LogP contribution is -2.38. The lowest BCUT2D eigenvalue weighted by atomic mass is 10.1. The zero-order valence-electron chi connectivity index (χ0n) is 18.4. The fraction of sp³-hybridized carbons (Fsp3) is 0.381. The molecule has 0 saturated carbocycles. The zero-order chi connectivity index (χ0) is 23.3. The van der Waals surface area contributed by atoms with Crippen LogP contribution in [0.3, 0.4) is 0 Å². The van der Waals surface area contributed by atoms with E-state index < -0.39 is 6.10 Å². The second-order valence-corrected chi connectivity index (χ2v) is 8.40. The highest BCUT2D eigenvalue weighted by Crippen LogP contribution is 2.34. The molecule has 2 aromatic heterocycles. The number of nitrogens with two attached hydrogens (primary N) is 2. The normalized spacial score (nSPS) is 20.5. The van der Waals surface area contributed by atoms with Crippen LogP contribution in [0.25, 0.3) is 5.65 Å². The van der Waals surface area contributed by atoms with Crippen molar-refractivity contribution in [2.24, 2.45) is 5.84 Å². The molecule has 1 aromatic carbocycles. The van der Waals surface area contributed by atoms with Gasteiger partial charge in [0.05, 0.1) is 48.6 Å². The van der Waals surface area contributed by atoms with Crippen molar-refractivity contribution in [3.05, 3.63) is 35.5 Å². The summed E-state index contributed by atoms with van der Waals surface area (Å²) in [6, 6.07) is 5.27. The first kappa shape index (κ1) is 21.2. The van der Waals surface area contributed by atoms with Gasteiger partial charge < -0.3 is 36.1 Å². The molecule has 2 unspecified atom stereocenters. The van der Waals surface area contributed by atoms with Crippen LogP contribution in [-0.4, -0.2) is 69.9 Å². The summed E-state index contributed by atoms with van der Waals surface area (Å²) in [6.45, 7) is 0.802. The molecule has 174 valence electrons. The van der Waals surface area contributed by atoms with Crippen LogP contribution in [0, 0.1) is 0 Å². The number of hydrogen-bond acceptors (Lipinski definition) is 10. The summed E-state index contributed by atoms with van der Waals surface area (Å²) in [5.74, 6) is 6.88. The van der Waals surface area contributed by atoms with Gasteiger partial charge in [-0.25, -0.2) is 10.8 Å². The molecule has 0 aliphatic carbocycles. The number of aliphatic hydroxyl groups excluding tert-OH is 1. The van der Waals surface area contributed by atoms with E-state index in [1.165, 1.54) is 11.2 Å². The van der Waals surface area contributed by atoms with Crippen molar-refractivity contribution in [1.82, 2.24) is 19.5 Å². The van der Waals surface area contributed by atoms with Crippen LogP contribution in [0.5, 0.6) is 0 Å². The van der Waals surface area contributed by atoms with E-state index in [0.717, 1.165) is 5.56 Å². The largest absolute Gasteiger partial charge is 0.395 e. The van der Waals surface area contributed by atoms with E-state index in [2.05, 4.69) is 20.7 Å². The molecule has 1 fully saturated rings. The Balaban J connectivity index is 1.69. The Morgan fingerprint density at radius 2 is 2.18 bits per heavy atom. The maximum Gasteiger partial charge on any atom is 0.259 e. The molecule has 12 heteroatoms. The molecule has 5 rings (SSSR count). The van der Waals surface area contributed by atoms with Crippen LogP contribution < -0.4 is 27.2 Å². The predicted octanol–water partition coefficient (Wildman–Crippen LogP) is 0.512. The second kappa shape index (κ2) is 8.06. The van der Waals surface area contributed by atoms with Gasteiger partial charge in [0, 0.05) is 26.7 Å². The third kappa shape index (κ3) is 3.67.